The number of nitrogens with zero attached hydrogens (tertiary/aromatic N) is 2. The fourth-order valence-electron chi connectivity index (χ4n) is 1.01. The molecule has 16 heavy (non-hydrogen) atoms. The molecule has 0 aliphatic rings. The predicted molar refractivity (Wildman–Crippen MR) is 58.3 cm³/mol. The first kappa shape index (κ1) is 12.4. The van der Waals surface area contributed by atoms with E-state index < -0.39 is 5.97 Å². The van der Waals surface area contributed by atoms with Crippen molar-refractivity contribution in [2.75, 3.05) is 18.5 Å². The van der Waals surface area contributed by atoms with Crippen LogP contribution in [0.25, 0.3) is 0 Å². The fourth-order valence-corrected chi connectivity index (χ4v) is 1.01. The van der Waals surface area contributed by atoms with Gasteiger partial charge < -0.3 is 15.5 Å². The minimum Gasteiger partial charge on any atom is -0.478 e. The Morgan fingerprint density at radius 1 is 1.56 bits per heavy atom. The van der Waals surface area contributed by atoms with Crippen molar-refractivity contribution in [3.8, 4) is 0 Å². The van der Waals surface area contributed by atoms with Crippen molar-refractivity contribution in [1.29, 1.82) is 0 Å². The highest BCUT2D eigenvalue weighted by Gasteiger charge is 2.18. The summed E-state index contributed by atoms with van der Waals surface area (Å²) >= 11 is 0. The van der Waals surface area contributed by atoms with E-state index in [1.807, 2.05) is 13.8 Å². The van der Waals surface area contributed by atoms with Gasteiger partial charge in [0.25, 0.3) is 0 Å². The molecule has 6 heteroatoms. The summed E-state index contributed by atoms with van der Waals surface area (Å²) in [6.07, 6.45) is 1.33. The molecule has 0 fully saturated rings. The Morgan fingerprint density at radius 2 is 2.25 bits per heavy atom. The number of aliphatic hydroxyl groups is 1. The van der Waals surface area contributed by atoms with E-state index in [4.69, 9.17) is 10.2 Å². The lowest BCUT2D eigenvalue weighted by molar-refractivity contribution is 0.0697. The molecule has 3 N–H and O–H groups in total. The zero-order valence-electron chi connectivity index (χ0n) is 9.27. The zero-order chi connectivity index (χ0) is 12.2. The van der Waals surface area contributed by atoms with Crippen LogP contribution in [0.5, 0.6) is 0 Å². The monoisotopic (exact) mass is 225 g/mol. The van der Waals surface area contributed by atoms with E-state index in [-0.39, 0.29) is 23.4 Å². The van der Waals surface area contributed by atoms with Gasteiger partial charge in [0.2, 0.25) is 0 Å². The third kappa shape index (κ3) is 3.16. The van der Waals surface area contributed by atoms with Gasteiger partial charge in [0, 0.05) is 18.6 Å². The van der Waals surface area contributed by atoms with E-state index in [1.165, 1.54) is 12.3 Å². The molecule has 0 aliphatic heterocycles. The Labute approximate surface area is 93.3 Å². The van der Waals surface area contributed by atoms with E-state index >= 15 is 0 Å². The highest BCUT2D eigenvalue weighted by atomic mass is 16.4. The molecule has 0 saturated heterocycles. The molecule has 1 rings (SSSR count). The van der Waals surface area contributed by atoms with Gasteiger partial charge in [-0.3, -0.25) is 0 Å². The number of hydrogen-bond acceptors (Lipinski definition) is 5. The lowest BCUT2D eigenvalue weighted by Gasteiger charge is -2.22. The SMILES string of the molecule is CC(C)(CO)CNc1nnccc1C(=O)O. The van der Waals surface area contributed by atoms with Crippen LogP contribution in [0.4, 0.5) is 5.82 Å². The van der Waals surface area contributed by atoms with E-state index in [2.05, 4.69) is 15.5 Å². The van der Waals surface area contributed by atoms with Crippen LogP contribution in [-0.2, 0) is 0 Å². The Bertz CT molecular complexity index is 379. The first-order valence-electron chi connectivity index (χ1n) is 4.86. The van der Waals surface area contributed by atoms with E-state index in [0.717, 1.165) is 0 Å². The number of aromatic nitrogens is 2. The Morgan fingerprint density at radius 3 is 2.81 bits per heavy atom. The van der Waals surface area contributed by atoms with E-state index in [9.17, 15) is 4.79 Å². The number of aromatic carboxylic acids is 1. The number of aliphatic hydroxyl groups excluding tert-OH is 1. The first-order chi connectivity index (χ1) is 7.46. The van der Waals surface area contributed by atoms with Crippen molar-refractivity contribution in [3.63, 3.8) is 0 Å². The molecule has 0 saturated carbocycles. The molecular weight excluding hydrogens is 210 g/mol. The van der Waals surface area contributed by atoms with Crippen LogP contribution >= 0.6 is 0 Å². The van der Waals surface area contributed by atoms with Gasteiger partial charge in [-0.2, -0.15) is 5.10 Å². The molecule has 0 aliphatic carbocycles. The molecule has 0 spiro atoms. The highest BCUT2D eigenvalue weighted by molar-refractivity contribution is 5.92. The van der Waals surface area contributed by atoms with Crippen LogP contribution < -0.4 is 5.32 Å². The molecule has 0 amide bonds. The Hall–Kier alpha value is -1.69. The Balaban J connectivity index is 2.78. The summed E-state index contributed by atoms with van der Waals surface area (Å²) < 4.78 is 0. The van der Waals surface area contributed by atoms with Gasteiger partial charge in [0.05, 0.1) is 6.20 Å². The van der Waals surface area contributed by atoms with Crippen LogP contribution in [0, 0.1) is 5.41 Å². The molecule has 1 heterocycles. The number of hydrogen-bond donors (Lipinski definition) is 3. The van der Waals surface area contributed by atoms with Crippen molar-refractivity contribution in [1.82, 2.24) is 10.2 Å². The summed E-state index contributed by atoms with van der Waals surface area (Å²) in [6, 6.07) is 1.38. The molecule has 1 aromatic rings. The van der Waals surface area contributed by atoms with Crippen molar-refractivity contribution >= 4 is 11.8 Å². The maximum Gasteiger partial charge on any atom is 0.339 e. The maximum atomic E-state index is 10.9. The molecule has 0 radical (unpaired) electrons. The van der Waals surface area contributed by atoms with Crippen LogP contribution in [0.15, 0.2) is 12.3 Å². The van der Waals surface area contributed by atoms with Gasteiger partial charge in [-0.25, -0.2) is 4.79 Å². The number of rotatable bonds is 5. The molecule has 0 aromatic carbocycles. The number of carbonyl (C=O) groups is 1. The summed E-state index contributed by atoms with van der Waals surface area (Å²) in [5.74, 6) is -0.837. The standard InChI is InChI=1S/C10H15N3O3/c1-10(2,6-14)5-11-8-7(9(15)16)3-4-12-13-8/h3-4,14H,5-6H2,1-2H3,(H,11,13)(H,15,16). The minimum atomic E-state index is -1.06. The third-order valence-corrected chi connectivity index (χ3v) is 2.11. The van der Waals surface area contributed by atoms with Crippen molar-refractivity contribution in [2.24, 2.45) is 5.41 Å². The normalized spacial score (nSPS) is 11.2. The topological polar surface area (TPSA) is 95.3 Å². The average molecular weight is 225 g/mol. The molecule has 0 unspecified atom stereocenters. The molecule has 1 aromatic heterocycles. The van der Waals surface area contributed by atoms with Gasteiger partial charge in [-0.1, -0.05) is 13.8 Å². The molecule has 88 valence electrons. The zero-order valence-corrected chi connectivity index (χ0v) is 9.27. The fraction of sp³-hybridized carbons (Fsp3) is 0.500. The molecule has 0 bridgehead atoms. The van der Waals surface area contributed by atoms with Crippen LogP contribution in [-0.4, -0.2) is 39.5 Å². The predicted octanol–water partition coefficient (Wildman–Crippen LogP) is 0.605. The van der Waals surface area contributed by atoms with Gasteiger partial charge >= 0.3 is 5.97 Å². The third-order valence-electron chi connectivity index (χ3n) is 2.11. The Kier molecular flexibility index (Phi) is 3.78. The number of carboxylic acids is 1. The number of nitrogens with one attached hydrogen (secondary N) is 1. The summed E-state index contributed by atoms with van der Waals surface area (Å²) in [5, 5.41) is 28.2. The van der Waals surface area contributed by atoms with Crippen LogP contribution in [0.2, 0.25) is 0 Å². The second-order valence-electron chi connectivity index (χ2n) is 4.27. The van der Waals surface area contributed by atoms with E-state index in [1.54, 1.807) is 0 Å². The summed E-state index contributed by atoms with van der Waals surface area (Å²) in [7, 11) is 0. The van der Waals surface area contributed by atoms with E-state index in [0.29, 0.717) is 6.54 Å². The molecule has 6 nitrogen and oxygen atoms in total. The summed E-state index contributed by atoms with van der Waals surface area (Å²) in [4.78, 5) is 10.9. The van der Waals surface area contributed by atoms with Crippen molar-refractivity contribution < 1.29 is 15.0 Å². The second-order valence-corrected chi connectivity index (χ2v) is 4.27. The van der Waals surface area contributed by atoms with Crippen molar-refractivity contribution in [2.45, 2.75) is 13.8 Å². The summed E-state index contributed by atoms with van der Waals surface area (Å²) in [5.41, 5.74) is -0.267. The van der Waals surface area contributed by atoms with Crippen LogP contribution in [0.1, 0.15) is 24.2 Å². The van der Waals surface area contributed by atoms with Gasteiger partial charge in [-0.05, 0) is 6.07 Å². The average Bonchev–Trinajstić information content (AvgIpc) is 2.27. The second kappa shape index (κ2) is 4.89. The highest BCUT2D eigenvalue weighted by Crippen LogP contribution is 2.16. The first-order valence-corrected chi connectivity index (χ1v) is 4.86. The minimum absolute atomic E-state index is 0.00265. The van der Waals surface area contributed by atoms with Gasteiger partial charge in [0.1, 0.15) is 5.56 Å². The molecular formula is C10H15N3O3. The quantitative estimate of drug-likeness (QED) is 0.679. The lowest BCUT2D eigenvalue weighted by atomic mass is 9.95. The summed E-state index contributed by atoms with van der Waals surface area (Å²) in [6.45, 7) is 4.14. The molecule has 0 atom stereocenters. The number of anilines is 1. The van der Waals surface area contributed by atoms with Gasteiger partial charge in [-0.15, -0.1) is 5.10 Å². The van der Waals surface area contributed by atoms with Gasteiger partial charge in [0.15, 0.2) is 5.82 Å². The number of carboxylic acid groups (broad SMARTS) is 1. The largest absolute Gasteiger partial charge is 0.478 e. The van der Waals surface area contributed by atoms with Crippen molar-refractivity contribution in [3.05, 3.63) is 17.8 Å². The maximum absolute atomic E-state index is 10.9. The van der Waals surface area contributed by atoms with Crippen LogP contribution in [0.3, 0.4) is 0 Å². The smallest absolute Gasteiger partial charge is 0.339 e. The lowest BCUT2D eigenvalue weighted by Crippen LogP contribution is -2.27.